The van der Waals surface area contributed by atoms with Crippen molar-refractivity contribution in [3.05, 3.63) is 115 Å². The van der Waals surface area contributed by atoms with Gasteiger partial charge in [0.2, 0.25) is 0 Å². The molecule has 31 heavy (non-hydrogen) atoms. The van der Waals surface area contributed by atoms with Crippen LogP contribution in [0.15, 0.2) is 109 Å². The number of nitrogens with zero attached hydrogens (tertiary/aromatic N) is 6. The number of hydrogen-bond donors (Lipinski definition) is 0. The summed E-state index contributed by atoms with van der Waals surface area (Å²) in [6.07, 6.45) is 5.44. The summed E-state index contributed by atoms with van der Waals surface area (Å²) >= 11 is 0. The molecule has 5 aromatic rings. The Morgan fingerprint density at radius 3 is 2.13 bits per heavy atom. The zero-order chi connectivity index (χ0) is 20.9. The van der Waals surface area contributed by atoms with Gasteiger partial charge in [-0.05, 0) is 5.56 Å². The van der Waals surface area contributed by atoms with Gasteiger partial charge in [-0.3, -0.25) is 4.68 Å². The number of benzene rings is 3. The number of hydrogen-bond acceptors (Lipinski definition) is 4. The minimum Gasteiger partial charge on any atom is -0.267 e. The third-order valence-corrected chi connectivity index (χ3v) is 4.91. The maximum Gasteiger partial charge on any atom is 0.184 e. The highest BCUT2D eigenvalue weighted by Crippen LogP contribution is 2.22. The van der Waals surface area contributed by atoms with Crippen LogP contribution >= 0.6 is 0 Å². The summed E-state index contributed by atoms with van der Waals surface area (Å²) in [5.74, 6) is 0.690. The first-order chi connectivity index (χ1) is 15.4. The van der Waals surface area contributed by atoms with Gasteiger partial charge in [0.15, 0.2) is 5.82 Å². The van der Waals surface area contributed by atoms with Crippen LogP contribution in [0, 0.1) is 0 Å². The molecule has 0 bridgehead atoms. The molecule has 0 N–H and O–H groups in total. The molecule has 0 aliphatic carbocycles. The summed E-state index contributed by atoms with van der Waals surface area (Å²) in [5, 5.41) is 17.7. The SMILES string of the molecule is C(=N/n1cnnc1-c1ccccc1)/c1cn(Cc2ccccc2)nc1-c1ccccc1. The average molecular weight is 404 g/mol. The van der Waals surface area contributed by atoms with Gasteiger partial charge >= 0.3 is 0 Å². The van der Waals surface area contributed by atoms with Gasteiger partial charge in [0.1, 0.15) is 12.0 Å². The van der Waals surface area contributed by atoms with Crippen LogP contribution < -0.4 is 0 Å². The van der Waals surface area contributed by atoms with Gasteiger partial charge in [0, 0.05) is 22.9 Å². The molecule has 3 aromatic carbocycles. The van der Waals surface area contributed by atoms with Crippen molar-refractivity contribution >= 4 is 6.21 Å². The van der Waals surface area contributed by atoms with Crippen molar-refractivity contribution in [2.75, 3.05) is 0 Å². The largest absolute Gasteiger partial charge is 0.267 e. The molecule has 0 aliphatic rings. The van der Waals surface area contributed by atoms with Crippen LogP contribution in [0.3, 0.4) is 0 Å². The Hall–Kier alpha value is -4.32. The van der Waals surface area contributed by atoms with E-state index in [0.29, 0.717) is 12.4 Å². The fourth-order valence-electron chi connectivity index (χ4n) is 3.42. The van der Waals surface area contributed by atoms with Gasteiger partial charge in [-0.2, -0.15) is 14.9 Å². The third-order valence-electron chi connectivity index (χ3n) is 4.91. The lowest BCUT2D eigenvalue weighted by atomic mass is 10.1. The molecule has 2 heterocycles. The molecular weight excluding hydrogens is 384 g/mol. The first-order valence-electron chi connectivity index (χ1n) is 10.0. The minimum atomic E-state index is 0.690. The van der Waals surface area contributed by atoms with E-state index in [9.17, 15) is 0 Å². The molecule has 0 saturated carbocycles. The van der Waals surface area contributed by atoms with E-state index < -0.39 is 0 Å². The first-order valence-corrected chi connectivity index (χ1v) is 10.0. The van der Waals surface area contributed by atoms with Crippen molar-refractivity contribution in [3.63, 3.8) is 0 Å². The fourth-order valence-corrected chi connectivity index (χ4v) is 3.42. The number of rotatable bonds is 6. The van der Waals surface area contributed by atoms with Gasteiger partial charge in [0.05, 0.1) is 12.8 Å². The summed E-state index contributed by atoms with van der Waals surface area (Å²) in [5.41, 5.74) is 5.01. The molecule has 0 unspecified atom stereocenters. The van der Waals surface area contributed by atoms with Crippen LogP contribution in [0.2, 0.25) is 0 Å². The second kappa shape index (κ2) is 8.59. The summed E-state index contributed by atoms with van der Waals surface area (Å²) in [4.78, 5) is 0. The van der Waals surface area contributed by atoms with Crippen LogP contribution in [0.5, 0.6) is 0 Å². The van der Waals surface area contributed by atoms with E-state index in [1.165, 1.54) is 5.56 Å². The lowest BCUT2D eigenvalue weighted by Crippen LogP contribution is -1.99. The fraction of sp³-hybridized carbons (Fsp3) is 0.0400. The molecule has 6 nitrogen and oxygen atoms in total. The summed E-state index contributed by atoms with van der Waals surface area (Å²) < 4.78 is 3.63. The average Bonchev–Trinajstić information content (AvgIpc) is 3.46. The quantitative estimate of drug-likeness (QED) is 0.384. The molecule has 0 amide bonds. The van der Waals surface area contributed by atoms with Crippen LogP contribution in [0.1, 0.15) is 11.1 Å². The maximum absolute atomic E-state index is 4.84. The van der Waals surface area contributed by atoms with E-state index in [2.05, 4.69) is 39.6 Å². The van der Waals surface area contributed by atoms with Crippen molar-refractivity contribution in [2.45, 2.75) is 6.54 Å². The molecule has 2 aromatic heterocycles. The molecule has 5 rings (SSSR count). The summed E-state index contributed by atoms with van der Waals surface area (Å²) in [7, 11) is 0. The summed E-state index contributed by atoms with van der Waals surface area (Å²) in [6, 6.07) is 30.3. The third kappa shape index (κ3) is 4.18. The zero-order valence-corrected chi connectivity index (χ0v) is 16.8. The first kappa shape index (κ1) is 18.7. The Kier molecular flexibility index (Phi) is 5.18. The molecule has 0 spiro atoms. The predicted molar refractivity (Wildman–Crippen MR) is 122 cm³/mol. The zero-order valence-electron chi connectivity index (χ0n) is 16.8. The highest BCUT2D eigenvalue weighted by atomic mass is 15.4. The van der Waals surface area contributed by atoms with Gasteiger partial charge in [-0.1, -0.05) is 91.0 Å². The molecule has 0 fully saturated rings. The van der Waals surface area contributed by atoms with Crippen molar-refractivity contribution in [2.24, 2.45) is 5.10 Å². The predicted octanol–water partition coefficient (Wildman–Crippen LogP) is 4.74. The van der Waals surface area contributed by atoms with Crippen LogP contribution in [-0.4, -0.2) is 30.9 Å². The molecule has 0 radical (unpaired) electrons. The minimum absolute atomic E-state index is 0.690. The van der Waals surface area contributed by atoms with E-state index in [1.807, 2.05) is 83.8 Å². The van der Waals surface area contributed by atoms with E-state index in [1.54, 1.807) is 11.0 Å². The second-order valence-electron chi connectivity index (χ2n) is 7.09. The van der Waals surface area contributed by atoms with Crippen molar-refractivity contribution < 1.29 is 0 Å². The smallest absolute Gasteiger partial charge is 0.184 e. The normalized spacial score (nSPS) is 11.2. The lowest BCUT2D eigenvalue weighted by Gasteiger charge is -2.01. The van der Waals surface area contributed by atoms with Gasteiger partial charge < -0.3 is 0 Å². The van der Waals surface area contributed by atoms with E-state index in [4.69, 9.17) is 5.10 Å². The van der Waals surface area contributed by atoms with Crippen LogP contribution in [0.4, 0.5) is 0 Å². The molecule has 0 aliphatic heterocycles. The molecule has 150 valence electrons. The molecular formula is C25H20N6. The monoisotopic (exact) mass is 404 g/mol. The van der Waals surface area contributed by atoms with Crippen LogP contribution in [-0.2, 0) is 6.54 Å². The Labute approximate surface area is 180 Å². The van der Waals surface area contributed by atoms with Gasteiger partial charge in [-0.25, -0.2) is 0 Å². The van der Waals surface area contributed by atoms with Gasteiger partial charge in [0.25, 0.3) is 0 Å². The lowest BCUT2D eigenvalue weighted by molar-refractivity contribution is 0.689. The standard InChI is InChI=1S/C25H20N6/c1-4-10-20(11-5-1)17-30-18-23(24(29-30)21-12-6-2-7-13-21)16-27-31-19-26-28-25(31)22-14-8-3-9-15-22/h1-16,18-19H,17H2/b27-16-. The highest BCUT2D eigenvalue weighted by Gasteiger charge is 2.11. The Morgan fingerprint density at radius 2 is 1.42 bits per heavy atom. The Morgan fingerprint density at radius 1 is 0.774 bits per heavy atom. The Balaban J connectivity index is 1.51. The van der Waals surface area contributed by atoms with Gasteiger partial charge in [-0.15, -0.1) is 10.2 Å². The number of aromatic nitrogens is 5. The van der Waals surface area contributed by atoms with Crippen LogP contribution in [0.25, 0.3) is 22.6 Å². The molecule has 0 atom stereocenters. The Bertz CT molecular complexity index is 1290. The maximum atomic E-state index is 4.84. The van der Waals surface area contributed by atoms with E-state index in [-0.39, 0.29) is 0 Å². The second-order valence-corrected chi connectivity index (χ2v) is 7.09. The molecule has 0 saturated heterocycles. The summed E-state index contributed by atoms with van der Waals surface area (Å²) in [6.45, 7) is 0.691. The van der Waals surface area contributed by atoms with Crippen molar-refractivity contribution in [3.8, 4) is 22.6 Å². The van der Waals surface area contributed by atoms with Crippen molar-refractivity contribution in [1.29, 1.82) is 0 Å². The highest BCUT2D eigenvalue weighted by molar-refractivity contribution is 5.88. The van der Waals surface area contributed by atoms with E-state index >= 15 is 0 Å². The molecule has 6 heteroatoms. The van der Waals surface area contributed by atoms with E-state index in [0.717, 1.165) is 22.4 Å². The topological polar surface area (TPSA) is 60.9 Å². The van der Waals surface area contributed by atoms with Crippen molar-refractivity contribution in [1.82, 2.24) is 24.7 Å².